The number of primary amides is 1. The van der Waals surface area contributed by atoms with Crippen molar-refractivity contribution in [2.24, 2.45) is 5.73 Å². The molecule has 0 spiro atoms. The van der Waals surface area contributed by atoms with Crippen molar-refractivity contribution in [1.29, 1.82) is 0 Å². The number of carbonyl (C=O) groups excluding carboxylic acids is 2. The van der Waals surface area contributed by atoms with Gasteiger partial charge in [-0.1, -0.05) is 0 Å². The van der Waals surface area contributed by atoms with Crippen molar-refractivity contribution in [2.75, 3.05) is 18.9 Å². The molecule has 0 saturated carbocycles. The van der Waals surface area contributed by atoms with Gasteiger partial charge in [-0.15, -0.1) is 11.3 Å². The first-order valence-corrected chi connectivity index (χ1v) is 5.66. The summed E-state index contributed by atoms with van der Waals surface area (Å²) in [6, 6.07) is 0. The van der Waals surface area contributed by atoms with Crippen molar-refractivity contribution < 1.29 is 9.59 Å². The number of thiazole rings is 1. The van der Waals surface area contributed by atoms with Gasteiger partial charge in [0.15, 0.2) is 5.13 Å². The van der Waals surface area contributed by atoms with E-state index < -0.39 is 11.8 Å². The molecule has 0 fully saturated rings. The molecule has 0 aliphatic carbocycles. The minimum absolute atomic E-state index is 0.448. The largest absolute Gasteiger partial charge is 0.361 e. The predicted octanol–water partition coefficient (Wildman–Crippen LogP) is -0.445. The number of fused-ring (bicyclic) bond motifs is 1. The highest BCUT2D eigenvalue weighted by molar-refractivity contribution is 7.16. The van der Waals surface area contributed by atoms with Crippen LogP contribution in [0.2, 0.25) is 0 Å². The third-order valence-corrected chi connectivity index (χ3v) is 3.36. The van der Waals surface area contributed by atoms with Crippen LogP contribution >= 0.6 is 11.3 Å². The summed E-state index contributed by atoms with van der Waals surface area (Å²) in [5.41, 5.74) is 5.85. The maximum Gasteiger partial charge on any atom is 0.315 e. The van der Waals surface area contributed by atoms with Crippen LogP contribution in [0, 0.1) is 0 Å². The molecular weight excluding hydrogens is 228 g/mol. The van der Waals surface area contributed by atoms with E-state index in [9.17, 15) is 9.59 Å². The highest BCUT2D eigenvalue weighted by Crippen LogP contribution is 2.27. The highest BCUT2D eigenvalue weighted by Gasteiger charge is 2.19. The van der Waals surface area contributed by atoms with E-state index in [0.717, 1.165) is 30.1 Å². The zero-order valence-corrected chi connectivity index (χ0v) is 9.63. The fraction of sp³-hybridized carbons (Fsp3) is 0.444. The number of likely N-dealkylation sites (N-methyl/N-ethyl adjacent to an activating group) is 1. The Balaban J connectivity index is 2.13. The minimum Gasteiger partial charge on any atom is -0.361 e. The molecule has 6 nitrogen and oxygen atoms in total. The number of rotatable bonds is 1. The summed E-state index contributed by atoms with van der Waals surface area (Å²) >= 11 is 1.39. The van der Waals surface area contributed by atoms with Crippen molar-refractivity contribution in [3.05, 3.63) is 10.6 Å². The molecule has 0 saturated heterocycles. The maximum atomic E-state index is 11.1. The van der Waals surface area contributed by atoms with E-state index in [1.807, 2.05) is 7.05 Å². The third-order valence-electron chi connectivity index (χ3n) is 2.37. The average Bonchev–Trinajstić information content (AvgIpc) is 2.58. The van der Waals surface area contributed by atoms with Gasteiger partial charge >= 0.3 is 11.8 Å². The molecule has 0 atom stereocenters. The molecule has 16 heavy (non-hydrogen) atoms. The zero-order valence-electron chi connectivity index (χ0n) is 8.82. The summed E-state index contributed by atoms with van der Waals surface area (Å²) in [6.07, 6.45) is 0.870. The number of hydrogen-bond donors (Lipinski definition) is 2. The Kier molecular flexibility index (Phi) is 2.88. The van der Waals surface area contributed by atoms with Gasteiger partial charge in [0.25, 0.3) is 0 Å². The number of amides is 2. The Hall–Kier alpha value is -1.47. The zero-order chi connectivity index (χ0) is 11.7. The molecule has 1 aromatic rings. The van der Waals surface area contributed by atoms with Crippen molar-refractivity contribution in [3.63, 3.8) is 0 Å². The molecule has 0 bridgehead atoms. The Morgan fingerprint density at radius 3 is 3.00 bits per heavy atom. The molecule has 1 aliphatic rings. The monoisotopic (exact) mass is 240 g/mol. The molecule has 2 rings (SSSR count). The summed E-state index contributed by atoms with van der Waals surface area (Å²) in [5, 5.41) is 2.84. The SMILES string of the molecule is CN1CCc2nc(NC(=O)C(N)=O)sc2C1. The lowest BCUT2D eigenvalue weighted by Crippen LogP contribution is -2.29. The Morgan fingerprint density at radius 1 is 1.56 bits per heavy atom. The van der Waals surface area contributed by atoms with Gasteiger partial charge in [0.1, 0.15) is 0 Å². The van der Waals surface area contributed by atoms with Crippen LogP contribution in [0.15, 0.2) is 0 Å². The number of aromatic nitrogens is 1. The minimum atomic E-state index is -0.995. The lowest BCUT2D eigenvalue weighted by Gasteiger charge is -2.20. The molecular formula is C9H12N4O2S. The molecule has 0 radical (unpaired) electrons. The highest BCUT2D eigenvalue weighted by atomic mass is 32.1. The lowest BCUT2D eigenvalue weighted by molar-refractivity contribution is -0.134. The first kappa shape index (κ1) is 11.0. The normalized spacial score (nSPS) is 15.6. The van der Waals surface area contributed by atoms with E-state index in [2.05, 4.69) is 15.2 Å². The molecule has 7 heteroatoms. The standard InChI is InChI=1S/C9H12N4O2S/c1-13-3-2-5-6(4-13)16-9(11-5)12-8(15)7(10)14/h2-4H2,1H3,(H2,10,14)(H,11,12,15). The number of nitrogens with zero attached hydrogens (tertiary/aromatic N) is 2. The van der Waals surface area contributed by atoms with Crippen LogP contribution in [-0.4, -0.2) is 35.3 Å². The van der Waals surface area contributed by atoms with Gasteiger partial charge in [-0.3, -0.25) is 14.9 Å². The fourth-order valence-corrected chi connectivity index (χ4v) is 2.62. The van der Waals surface area contributed by atoms with E-state index in [1.165, 1.54) is 11.3 Å². The van der Waals surface area contributed by atoms with Crippen molar-refractivity contribution in [1.82, 2.24) is 9.88 Å². The lowest BCUT2D eigenvalue weighted by atomic mass is 10.2. The van der Waals surface area contributed by atoms with Crippen LogP contribution in [0.1, 0.15) is 10.6 Å². The van der Waals surface area contributed by atoms with Gasteiger partial charge in [-0.05, 0) is 7.05 Å². The molecule has 0 aromatic carbocycles. The quantitative estimate of drug-likeness (QED) is 0.651. The molecule has 1 aliphatic heterocycles. The topological polar surface area (TPSA) is 88.3 Å². The van der Waals surface area contributed by atoms with E-state index in [4.69, 9.17) is 5.73 Å². The van der Waals surface area contributed by atoms with Crippen molar-refractivity contribution in [2.45, 2.75) is 13.0 Å². The third kappa shape index (κ3) is 2.20. The van der Waals surface area contributed by atoms with Gasteiger partial charge < -0.3 is 10.6 Å². The molecule has 86 valence electrons. The molecule has 0 unspecified atom stereocenters. The average molecular weight is 240 g/mol. The number of nitrogens with two attached hydrogens (primary N) is 1. The first-order chi connectivity index (χ1) is 7.56. The second kappa shape index (κ2) is 4.18. The van der Waals surface area contributed by atoms with Gasteiger partial charge in [-0.25, -0.2) is 4.98 Å². The molecule has 2 heterocycles. The Bertz CT molecular complexity index is 443. The second-order valence-corrected chi connectivity index (χ2v) is 4.78. The molecule has 2 amide bonds. The summed E-state index contributed by atoms with van der Waals surface area (Å²) in [4.78, 5) is 29.2. The Morgan fingerprint density at radius 2 is 2.31 bits per heavy atom. The second-order valence-electron chi connectivity index (χ2n) is 3.70. The molecule has 3 N–H and O–H groups in total. The van der Waals surface area contributed by atoms with Gasteiger partial charge in [-0.2, -0.15) is 0 Å². The summed E-state index contributed by atoms with van der Waals surface area (Å²) in [5.74, 6) is -1.82. The van der Waals surface area contributed by atoms with Crippen LogP contribution < -0.4 is 11.1 Å². The van der Waals surface area contributed by atoms with E-state index in [0.29, 0.717) is 5.13 Å². The summed E-state index contributed by atoms with van der Waals surface area (Å²) < 4.78 is 0. The fourth-order valence-electron chi connectivity index (χ4n) is 1.54. The van der Waals surface area contributed by atoms with Gasteiger partial charge in [0, 0.05) is 24.4 Å². The van der Waals surface area contributed by atoms with Crippen LogP contribution in [0.4, 0.5) is 5.13 Å². The number of nitrogens with one attached hydrogen (secondary N) is 1. The van der Waals surface area contributed by atoms with E-state index >= 15 is 0 Å². The molecule has 1 aromatic heterocycles. The van der Waals surface area contributed by atoms with Crippen LogP contribution in [-0.2, 0) is 22.6 Å². The Labute approximate surface area is 96.4 Å². The van der Waals surface area contributed by atoms with Crippen molar-refractivity contribution in [3.8, 4) is 0 Å². The number of hydrogen-bond acceptors (Lipinski definition) is 5. The van der Waals surface area contributed by atoms with Crippen LogP contribution in [0.3, 0.4) is 0 Å². The summed E-state index contributed by atoms with van der Waals surface area (Å²) in [6.45, 7) is 1.79. The first-order valence-electron chi connectivity index (χ1n) is 4.84. The van der Waals surface area contributed by atoms with Crippen molar-refractivity contribution >= 4 is 28.3 Å². The van der Waals surface area contributed by atoms with E-state index in [-0.39, 0.29) is 0 Å². The van der Waals surface area contributed by atoms with Gasteiger partial charge in [0.05, 0.1) is 5.69 Å². The van der Waals surface area contributed by atoms with E-state index in [1.54, 1.807) is 0 Å². The van der Waals surface area contributed by atoms with Crippen LogP contribution in [0.5, 0.6) is 0 Å². The predicted molar refractivity (Wildman–Crippen MR) is 60.0 cm³/mol. The van der Waals surface area contributed by atoms with Gasteiger partial charge in [0.2, 0.25) is 0 Å². The summed E-state index contributed by atoms with van der Waals surface area (Å²) in [7, 11) is 2.03. The number of carbonyl (C=O) groups is 2. The maximum absolute atomic E-state index is 11.1. The number of anilines is 1. The smallest absolute Gasteiger partial charge is 0.315 e. The van der Waals surface area contributed by atoms with Crippen LogP contribution in [0.25, 0.3) is 0 Å².